The van der Waals surface area contributed by atoms with Crippen LogP contribution in [0.5, 0.6) is 11.5 Å². The fourth-order valence-corrected chi connectivity index (χ4v) is 2.05. The van der Waals surface area contributed by atoms with Crippen molar-refractivity contribution in [1.29, 1.82) is 0 Å². The molecule has 1 heterocycles. The lowest BCUT2D eigenvalue weighted by Crippen LogP contribution is -2.26. The third-order valence-electron chi connectivity index (χ3n) is 2.95. The van der Waals surface area contributed by atoms with Crippen molar-refractivity contribution in [3.8, 4) is 11.5 Å². The van der Waals surface area contributed by atoms with E-state index < -0.39 is 0 Å². The van der Waals surface area contributed by atoms with E-state index in [4.69, 9.17) is 15.2 Å². The van der Waals surface area contributed by atoms with E-state index in [-0.39, 0.29) is 6.04 Å². The van der Waals surface area contributed by atoms with Crippen molar-refractivity contribution in [1.82, 2.24) is 0 Å². The van der Waals surface area contributed by atoms with Gasteiger partial charge in [-0.15, -0.1) is 0 Å². The lowest BCUT2D eigenvalue weighted by Gasteiger charge is -2.21. The maximum absolute atomic E-state index is 5.90. The number of anilines is 1. The van der Waals surface area contributed by atoms with E-state index in [1.165, 1.54) is 0 Å². The monoisotopic (exact) mass is 222 g/mol. The van der Waals surface area contributed by atoms with Crippen LogP contribution in [-0.4, -0.2) is 33.4 Å². The second-order valence-electron chi connectivity index (χ2n) is 4.03. The predicted octanol–water partition coefficient (Wildman–Crippen LogP) is 1.24. The van der Waals surface area contributed by atoms with Gasteiger partial charge in [-0.1, -0.05) is 0 Å². The molecule has 1 saturated heterocycles. The largest absolute Gasteiger partial charge is 0.497 e. The van der Waals surface area contributed by atoms with Crippen LogP contribution < -0.4 is 20.1 Å². The summed E-state index contributed by atoms with van der Waals surface area (Å²) in [5, 5.41) is 0. The van der Waals surface area contributed by atoms with Crippen LogP contribution in [0, 0.1) is 0 Å². The van der Waals surface area contributed by atoms with Gasteiger partial charge in [0.25, 0.3) is 0 Å². The van der Waals surface area contributed by atoms with Gasteiger partial charge in [0.05, 0.1) is 19.9 Å². The molecular formula is C12H18N2O2. The van der Waals surface area contributed by atoms with Gasteiger partial charge in [-0.3, -0.25) is 0 Å². The zero-order valence-electron chi connectivity index (χ0n) is 9.77. The summed E-state index contributed by atoms with van der Waals surface area (Å²) in [6.45, 7) is 1.88. The standard InChI is InChI=1S/C12H18N2O2/c1-15-10-3-4-11(12(7-10)16-2)14-6-5-9(13)8-14/h3-4,7,9H,5-6,8,13H2,1-2H3. The van der Waals surface area contributed by atoms with Crippen LogP contribution in [-0.2, 0) is 0 Å². The minimum atomic E-state index is 0.270. The van der Waals surface area contributed by atoms with E-state index in [2.05, 4.69) is 4.90 Å². The first-order valence-corrected chi connectivity index (χ1v) is 5.47. The average molecular weight is 222 g/mol. The van der Waals surface area contributed by atoms with Gasteiger partial charge in [0.1, 0.15) is 11.5 Å². The van der Waals surface area contributed by atoms with E-state index in [0.29, 0.717) is 0 Å². The molecule has 0 spiro atoms. The Bertz CT molecular complexity index is 368. The van der Waals surface area contributed by atoms with Crippen LogP contribution in [0.25, 0.3) is 0 Å². The molecule has 0 saturated carbocycles. The van der Waals surface area contributed by atoms with E-state index in [9.17, 15) is 0 Å². The molecule has 1 aromatic carbocycles. The second kappa shape index (κ2) is 4.61. The molecule has 1 aromatic rings. The Labute approximate surface area is 95.9 Å². The minimum absolute atomic E-state index is 0.270. The molecular weight excluding hydrogens is 204 g/mol. The molecule has 1 fully saturated rings. The summed E-state index contributed by atoms with van der Waals surface area (Å²) in [4.78, 5) is 2.25. The Balaban J connectivity index is 2.26. The summed E-state index contributed by atoms with van der Waals surface area (Å²) in [5.41, 5.74) is 7.00. The number of hydrogen-bond donors (Lipinski definition) is 1. The van der Waals surface area contributed by atoms with Gasteiger partial charge < -0.3 is 20.1 Å². The molecule has 88 valence electrons. The zero-order chi connectivity index (χ0) is 11.5. The Kier molecular flexibility index (Phi) is 3.19. The minimum Gasteiger partial charge on any atom is -0.497 e. The molecule has 2 rings (SSSR count). The highest BCUT2D eigenvalue weighted by atomic mass is 16.5. The highest BCUT2D eigenvalue weighted by Crippen LogP contribution is 2.33. The van der Waals surface area contributed by atoms with E-state index in [0.717, 1.165) is 36.7 Å². The molecule has 0 amide bonds. The molecule has 2 N–H and O–H groups in total. The van der Waals surface area contributed by atoms with Crippen molar-refractivity contribution in [3.63, 3.8) is 0 Å². The van der Waals surface area contributed by atoms with Crippen molar-refractivity contribution < 1.29 is 9.47 Å². The second-order valence-corrected chi connectivity index (χ2v) is 4.03. The van der Waals surface area contributed by atoms with Crippen LogP contribution in [0.1, 0.15) is 6.42 Å². The molecule has 1 atom stereocenters. The maximum atomic E-state index is 5.90. The van der Waals surface area contributed by atoms with Crippen molar-refractivity contribution in [2.45, 2.75) is 12.5 Å². The van der Waals surface area contributed by atoms with Gasteiger partial charge in [-0.05, 0) is 18.6 Å². The third-order valence-corrected chi connectivity index (χ3v) is 2.95. The van der Waals surface area contributed by atoms with Gasteiger partial charge in [-0.25, -0.2) is 0 Å². The van der Waals surface area contributed by atoms with Crippen LogP contribution in [0.15, 0.2) is 18.2 Å². The fraction of sp³-hybridized carbons (Fsp3) is 0.500. The smallest absolute Gasteiger partial charge is 0.145 e. The van der Waals surface area contributed by atoms with Crippen molar-refractivity contribution in [2.75, 3.05) is 32.2 Å². The van der Waals surface area contributed by atoms with Crippen molar-refractivity contribution >= 4 is 5.69 Å². The molecule has 4 heteroatoms. The summed E-state index contributed by atoms with van der Waals surface area (Å²) >= 11 is 0. The Morgan fingerprint density at radius 3 is 2.69 bits per heavy atom. The number of nitrogens with zero attached hydrogens (tertiary/aromatic N) is 1. The summed E-state index contributed by atoms with van der Waals surface area (Å²) in [7, 11) is 3.33. The van der Waals surface area contributed by atoms with Crippen LogP contribution in [0.2, 0.25) is 0 Å². The molecule has 1 aliphatic rings. The van der Waals surface area contributed by atoms with Gasteiger partial charge in [-0.2, -0.15) is 0 Å². The number of hydrogen-bond acceptors (Lipinski definition) is 4. The predicted molar refractivity (Wildman–Crippen MR) is 64.4 cm³/mol. The first-order chi connectivity index (χ1) is 7.74. The summed E-state index contributed by atoms with van der Waals surface area (Å²) in [6, 6.07) is 6.14. The highest BCUT2D eigenvalue weighted by molar-refractivity contribution is 5.61. The number of rotatable bonds is 3. The molecule has 4 nitrogen and oxygen atoms in total. The molecule has 0 bridgehead atoms. The molecule has 1 aliphatic heterocycles. The number of nitrogens with two attached hydrogens (primary N) is 1. The molecule has 0 radical (unpaired) electrons. The molecule has 1 unspecified atom stereocenters. The van der Waals surface area contributed by atoms with Crippen LogP contribution in [0.4, 0.5) is 5.69 Å². The van der Waals surface area contributed by atoms with Gasteiger partial charge in [0.2, 0.25) is 0 Å². The van der Waals surface area contributed by atoms with Crippen molar-refractivity contribution in [2.24, 2.45) is 5.73 Å². The molecule has 16 heavy (non-hydrogen) atoms. The van der Waals surface area contributed by atoms with Crippen LogP contribution in [0.3, 0.4) is 0 Å². The third kappa shape index (κ3) is 2.07. The van der Waals surface area contributed by atoms with E-state index >= 15 is 0 Å². The first-order valence-electron chi connectivity index (χ1n) is 5.47. The fourth-order valence-electron chi connectivity index (χ4n) is 2.05. The highest BCUT2D eigenvalue weighted by Gasteiger charge is 2.21. The van der Waals surface area contributed by atoms with E-state index in [1.807, 2.05) is 18.2 Å². The maximum Gasteiger partial charge on any atom is 0.145 e. The number of ether oxygens (including phenoxy) is 2. The SMILES string of the molecule is COc1ccc(N2CCC(N)C2)c(OC)c1. The summed E-state index contributed by atoms with van der Waals surface area (Å²) < 4.78 is 10.5. The average Bonchev–Trinajstić information content (AvgIpc) is 2.74. The lowest BCUT2D eigenvalue weighted by molar-refractivity contribution is 0.394. The zero-order valence-corrected chi connectivity index (χ0v) is 9.77. The van der Waals surface area contributed by atoms with Crippen LogP contribution >= 0.6 is 0 Å². The molecule has 0 aromatic heterocycles. The summed E-state index contributed by atoms with van der Waals surface area (Å²) in [6.07, 6.45) is 1.04. The Hall–Kier alpha value is -1.42. The van der Waals surface area contributed by atoms with Gasteiger partial charge in [0.15, 0.2) is 0 Å². The van der Waals surface area contributed by atoms with Gasteiger partial charge >= 0.3 is 0 Å². The van der Waals surface area contributed by atoms with Crippen molar-refractivity contribution in [3.05, 3.63) is 18.2 Å². The van der Waals surface area contributed by atoms with E-state index in [1.54, 1.807) is 14.2 Å². The Morgan fingerprint density at radius 1 is 1.31 bits per heavy atom. The topological polar surface area (TPSA) is 47.7 Å². The van der Waals surface area contributed by atoms with Gasteiger partial charge in [0, 0.05) is 25.2 Å². The lowest BCUT2D eigenvalue weighted by atomic mass is 10.2. The normalized spacial score (nSPS) is 19.9. The molecule has 0 aliphatic carbocycles. The Morgan fingerprint density at radius 2 is 2.12 bits per heavy atom. The number of benzene rings is 1. The summed E-state index contributed by atoms with van der Waals surface area (Å²) in [5.74, 6) is 1.65. The number of methoxy groups -OCH3 is 2. The first kappa shape index (κ1) is 11.1. The quantitative estimate of drug-likeness (QED) is 0.836.